The summed E-state index contributed by atoms with van der Waals surface area (Å²) in [6.07, 6.45) is 0. The molecule has 0 atom stereocenters. The molecule has 0 aliphatic heterocycles. The van der Waals surface area contributed by atoms with Gasteiger partial charge in [0.05, 0.1) is 11.1 Å². The van der Waals surface area contributed by atoms with E-state index in [1.54, 1.807) is 0 Å². The molecular weight excluding hydrogens is 242 g/mol. The fourth-order valence-corrected chi connectivity index (χ4v) is 1.60. The first-order chi connectivity index (χ1) is 9.20. The molecule has 0 spiro atoms. The van der Waals surface area contributed by atoms with Gasteiger partial charge in [0.2, 0.25) is 0 Å². The molecule has 4 nitrogen and oxygen atoms in total. The highest BCUT2D eigenvalue weighted by Crippen LogP contribution is 2.21. The Kier molecular flexibility index (Phi) is 3.79. The number of rotatable bonds is 4. The molecule has 0 saturated carbocycles. The second-order valence-electron chi connectivity index (χ2n) is 3.90. The van der Waals surface area contributed by atoms with E-state index in [0.29, 0.717) is 12.2 Å². The lowest BCUT2D eigenvalue weighted by atomic mass is 10.1. The van der Waals surface area contributed by atoms with Crippen molar-refractivity contribution in [1.29, 1.82) is 5.26 Å². The van der Waals surface area contributed by atoms with Crippen LogP contribution >= 0.6 is 0 Å². The van der Waals surface area contributed by atoms with E-state index in [2.05, 4.69) is 0 Å². The average molecular weight is 253 g/mol. The molecule has 0 aliphatic carbocycles. The number of aromatic carboxylic acids is 1. The zero-order chi connectivity index (χ0) is 13.7. The van der Waals surface area contributed by atoms with Crippen LogP contribution in [0.25, 0.3) is 0 Å². The van der Waals surface area contributed by atoms with Crippen molar-refractivity contribution in [2.24, 2.45) is 0 Å². The van der Waals surface area contributed by atoms with E-state index >= 15 is 0 Å². The first-order valence-corrected chi connectivity index (χ1v) is 5.65. The summed E-state index contributed by atoms with van der Waals surface area (Å²) in [7, 11) is 0. The molecule has 0 radical (unpaired) electrons. The maximum Gasteiger partial charge on any atom is 0.335 e. The molecular formula is C15H11NO3. The van der Waals surface area contributed by atoms with E-state index in [4.69, 9.17) is 15.1 Å². The van der Waals surface area contributed by atoms with Crippen molar-refractivity contribution in [2.75, 3.05) is 0 Å². The Morgan fingerprint density at radius 1 is 1.21 bits per heavy atom. The predicted molar refractivity (Wildman–Crippen MR) is 68.9 cm³/mol. The van der Waals surface area contributed by atoms with E-state index in [1.165, 1.54) is 18.2 Å². The molecule has 1 N–H and O–H groups in total. The Balaban J connectivity index is 2.21. The number of carboxylic acids is 1. The normalized spacial score (nSPS) is 9.63. The first-order valence-electron chi connectivity index (χ1n) is 5.65. The van der Waals surface area contributed by atoms with Crippen LogP contribution in [-0.2, 0) is 6.61 Å². The second-order valence-corrected chi connectivity index (χ2v) is 3.90. The molecule has 0 fully saturated rings. The third kappa shape index (κ3) is 3.11. The van der Waals surface area contributed by atoms with Gasteiger partial charge in [0.25, 0.3) is 0 Å². The van der Waals surface area contributed by atoms with Crippen LogP contribution in [0.2, 0.25) is 0 Å². The minimum Gasteiger partial charge on any atom is -0.487 e. The monoisotopic (exact) mass is 253 g/mol. The molecule has 2 rings (SSSR count). The van der Waals surface area contributed by atoms with Gasteiger partial charge >= 0.3 is 5.97 Å². The number of nitriles is 1. The minimum absolute atomic E-state index is 0.0991. The van der Waals surface area contributed by atoms with Gasteiger partial charge in [-0.15, -0.1) is 0 Å². The van der Waals surface area contributed by atoms with Crippen LogP contribution in [0.15, 0.2) is 48.5 Å². The fraction of sp³-hybridized carbons (Fsp3) is 0.0667. The zero-order valence-electron chi connectivity index (χ0n) is 10.0. The number of ether oxygens (including phenoxy) is 1. The summed E-state index contributed by atoms with van der Waals surface area (Å²) >= 11 is 0. The van der Waals surface area contributed by atoms with Gasteiger partial charge in [-0.1, -0.05) is 30.3 Å². The van der Waals surface area contributed by atoms with Crippen LogP contribution in [0.5, 0.6) is 5.75 Å². The molecule has 2 aromatic carbocycles. The SMILES string of the molecule is N#Cc1ccc(C(=O)O)cc1OCc1ccccc1. The van der Waals surface area contributed by atoms with Gasteiger partial charge in [0, 0.05) is 0 Å². The van der Waals surface area contributed by atoms with E-state index < -0.39 is 5.97 Å². The lowest BCUT2D eigenvalue weighted by Gasteiger charge is -2.08. The number of carboxylic acid groups (broad SMARTS) is 1. The van der Waals surface area contributed by atoms with E-state index in [9.17, 15) is 4.79 Å². The third-order valence-corrected chi connectivity index (χ3v) is 2.59. The highest BCUT2D eigenvalue weighted by Gasteiger charge is 2.09. The van der Waals surface area contributed by atoms with Crippen molar-refractivity contribution < 1.29 is 14.6 Å². The van der Waals surface area contributed by atoms with Gasteiger partial charge < -0.3 is 9.84 Å². The summed E-state index contributed by atoms with van der Waals surface area (Å²) in [5, 5.41) is 17.9. The van der Waals surface area contributed by atoms with Crippen LogP contribution in [0.1, 0.15) is 21.5 Å². The second kappa shape index (κ2) is 5.69. The summed E-state index contributed by atoms with van der Waals surface area (Å²) < 4.78 is 5.52. The summed E-state index contributed by atoms with van der Waals surface area (Å²) in [4.78, 5) is 10.9. The third-order valence-electron chi connectivity index (χ3n) is 2.59. The van der Waals surface area contributed by atoms with Crippen molar-refractivity contribution in [3.05, 3.63) is 65.2 Å². The summed E-state index contributed by atoms with van der Waals surface area (Å²) in [5.41, 5.74) is 1.37. The van der Waals surface area contributed by atoms with Crippen LogP contribution < -0.4 is 4.74 Å². The lowest BCUT2D eigenvalue weighted by molar-refractivity contribution is 0.0696. The maximum atomic E-state index is 10.9. The first kappa shape index (κ1) is 12.7. The molecule has 0 unspecified atom stereocenters. The van der Waals surface area contributed by atoms with E-state index in [0.717, 1.165) is 5.56 Å². The number of carbonyl (C=O) groups is 1. The molecule has 0 heterocycles. The quantitative estimate of drug-likeness (QED) is 0.909. The van der Waals surface area contributed by atoms with Gasteiger partial charge in [-0.2, -0.15) is 5.26 Å². The molecule has 94 valence electrons. The van der Waals surface area contributed by atoms with Gasteiger partial charge in [-0.05, 0) is 23.8 Å². The fourth-order valence-electron chi connectivity index (χ4n) is 1.60. The molecule has 0 bridgehead atoms. The minimum atomic E-state index is -1.05. The molecule has 4 heteroatoms. The van der Waals surface area contributed by atoms with Crippen LogP contribution in [0.3, 0.4) is 0 Å². The molecule has 19 heavy (non-hydrogen) atoms. The number of hydrogen-bond donors (Lipinski definition) is 1. The molecule has 0 aliphatic rings. The van der Waals surface area contributed by atoms with Crippen LogP contribution in [0, 0.1) is 11.3 Å². The van der Waals surface area contributed by atoms with E-state index in [1.807, 2.05) is 36.4 Å². The lowest BCUT2D eigenvalue weighted by Crippen LogP contribution is -2.01. The maximum absolute atomic E-state index is 10.9. The highest BCUT2D eigenvalue weighted by molar-refractivity contribution is 5.88. The Labute approximate surface area is 110 Å². The molecule has 0 amide bonds. The Morgan fingerprint density at radius 2 is 1.95 bits per heavy atom. The number of nitrogens with zero attached hydrogens (tertiary/aromatic N) is 1. The number of hydrogen-bond acceptors (Lipinski definition) is 3. The predicted octanol–water partition coefficient (Wildman–Crippen LogP) is 2.84. The highest BCUT2D eigenvalue weighted by atomic mass is 16.5. The summed E-state index contributed by atoms with van der Waals surface area (Å²) in [6.45, 7) is 0.290. The molecule has 2 aromatic rings. The number of benzene rings is 2. The zero-order valence-corrected chi connectivity index (χ0v) is 10.0. The standard InChI is InChI=1S/C15H11NO3/c16-9-13-7-6-12(15(17)18)8-14(13)19-10-11-4-2-1-3-5-11/h1-8H,10H2,(H,17,18). The van der Waals surface area contributed by atoms with Crippen molar-refractivity contribution in [3.8, 4) is 11.8 Å². The van der Waals surface area contributed by atoms with Gasteiger partial charge in [-0.25, -0.2) is 4.79 Å². The Hall–Kier alpha value is -2.80. The van der Waals surface area contributed by atoms with Gasteiger partial charge in [0.1, 0.15) is 18.4 Å². The smallest absolute Gasteiger partial charge is 0.335 e. The topological polar surface area (TPSA) is 70.3 Å². The van der Waals surface area contributed by atoms with E-state index in [-0.39, 0.29) is 11.3 Å². The summed E-state index contributed by atoms with van der Waals surface area (Å²) in [5.74, 6) is -0.764. The van der Waals surface area contributed by atoms with Gasteiger partial charge in [-0.3, -0.25) is 0 Å². The van der Waals surface area contributed by atoms with Crippen molar-refractivity contribution in [1.82, 2.24) is 0 Å². The Bertz CT molecular complexity index is 630. The van der Waals surface area contributed by atoms with Crippen LogP contribution in [-0.4, -0.2) is 11.1 Å². The van der Waals surface area contributed by atoms with Gasteiger partial charge in [0.15, 0.2) is 0 Å². The summed E-state index contributed by atoms with van der Waals surface area (Å²) in [6, 6.07) is 15.6. The van der Waals surface area contributed by atoms with Crippen molar-refractivity contribution in [3.63, 3.8) is 0 Å². The Morgan fingerprint density at radius 3 is 2.58 bits per heavy atom. The van der Waals surface area contributed by atoms with Crippen molar-refractivity contribution >= 4 is 5.97 Å². The molecule has 0 aromatic heterocycles. The largest absolute Gasteiger partial charge is 0.487 e. The average Bonchev–Trinajstić information content (AvgIpc) is 2.45. The van der Waals surface area contributed by atoms with Crippen LogP contribution in [0.4, 0.5) is 0 Å². The van der Waals surface area contributed by atoms with Crippen molar-refractivity contribution in [2.45, 2.75) is 6.61 Å². The molecule has 0 saturated heterocycles.